The third-order valence-corrected chi connectivity index (χ3v) is 2.20. The standard InChI is InChI=1S/C11H15NO2.K/c1-7(2)10(11(13)14)9-4-5-12-8(3)6-9;/h4-7,10H,1-3H3,(H,13,14);/q;+1/p-1. The normalized spacial score (nSPS) is 12.0. The molecule has 0 fully saturated rings. The van der Waals surface area contributed by atoms with Gasteiger partial charge in [-0.1, -0.05) is 13.8 Å². The summed E-state index contributed by atoms with van der Waals surface area (Å²) >= 11 is 0. The van der Waals surface area contributed by atoms with Crippen molar-refractivity contribution in [3.8, 4) is 0 Å². The molecule has 1 unspecified atom stereocenters. The van der Waals surface area contributed by atoms with E-state index < -0.39 is 11.9 Å². The van der Waals surface area contributed by atoms with Crippen molar-refractivity contribution in [1.82, 2.24) is 4.98 Å². The van der Waals surface area contributed by atoms with Crippen LogP contribution >= 0.6 is 0 Å². The molecule has 0 aliphatic carbocycles. The van der Waals surface area contributed by atoms with Gasteiger partial charge in [0, 0.05) is 23.8 Å². The van der Waals surface area contributed by atoms with Gasteiger partial charge in [0.15, 0.2) is 0 Å². The predicted octanol–water partition coefficient (Wildman–Crippen LogP) is -2.12. The molecule has 76 valence electrons. The molecule has 0 N–H and O–H groups in total. The molecule has 15 heavy (non-hydrogen) atoms. The fourth-order valence-electron chi connectivity index (χ4n) is 1.55. The minimum atomic E-state index is -1.02. The number of carbonyl (C=O) groups excluding carboxylic acids is 1. The van der Waals surface area contributed by atoms with Crippen LogP contribution < -0.4 is 56.5 Å². The van der Waals surface area contributed by atoms with Gasteiger partial charge in [0.2, 0.25) is 0 Å². The summed E-state index contributed by atoms with van der Waals surface area (Å²) in [6.07, 6.45) is 1.63. The van der Waals surface area contributed by atoms with Crippen molar-refractivity contribution in [1.29, 1.82) is 0 Å². The van der Waals surface area contributed by atoms with E-state index in [9.17, 15) is 9.90 Å². The number of carboxylic acids is 1. The summed E-state index contributed by atoms with van der Waals surface area (Å²) in [6, 6.07) is 3.52. The first-order chi connectivity index (χ1) is 6.52. The Morgan fingerprint density at radius 1 is 1.47 bits per heavy atom. The first-order valence-corrected chi connectivity index (χ1v) is 4.65. The van der Waals surface area contributed by atoms with Crippen LogP contribution in [-0.4, -0.2) is 11.0 Å². The molecule has 0 amide bonds. The van der Waals surface area contributed by atoms with Crippen LogP contribution in [0.5, 0.6) is 0 Å². The van der Waals surface area contributed by atoms with Gasteiger partial charge in [-0.05, 0) is 30.5 Å². The number of carbonyl (C=O) groups is 1. The monoisotopic (exact) mass is 231 g/mol. The molecule has 0 aromatic carbocycles. The number of rotatable bonds is 3. The molecule has 4 heteroatoms. The molecule has 0 aliphatic rings. The van der Waals surface area contributed by atoms with Gasteiger partial charge < -0.3 is 9.90 Å². The number of hydrogen-bond donors (Lipinski definition) is 0. The van der Waals surface area contributed by atoms with Crippen LogP contribution in [0.1, 0.15) is 31.0 Å². The van der Waals surface area contributed by atoms with Gasteiger partial charge in [-0.3, -0.25) is 4.98 Å². The van der Waals surface area contributed by atoms with E-state index in [1.807, 2.05) is 20.8 Å². The van der Waals surface area contributed by atoms with Crippen LogP contribution in [0.3, 0.4) is 0 Å². The zero-order valence-electron chi connectivity index (χ0n) is 9.65. The SMILES string of the molecule is Cc1cc(C(C(=O)[O-])C(C)C)ccn1.[K+]. The Bertz CT molecular complexity index is 339. The topological polar surface area (TPSA) is 53.0 Å². The molecule has 0 bridgehead atoms. The minimum Gasteiger partial charge on any atom is -0.549 e. The molecule has 0 saturated heterocycles. The smallest absolute Gasteiger partial charge is 0.549 e. The van der Waals surface area contributed by atoms with Crippen molar-refractivity contribution >= 4 is 5.97 Å². The van der Waals surface area contributed by atoms with Gasteiger partial charge in [0.05, 0.1) is 0 Å². The van der Waals surface area contributed by atoms with E-state index in [0.29, 0.717) is 0 Å². The van der Waals surface area contributed by atoms with E-state index in [1.54, 1.807) is 18.3 Å². The van der Waals surface area contributed by atoms with Crippen LogP contribution in [0.15, 0.2) is 18.3 Å². The first-order valence-electron chi connectivity index (χ1n) is 4.65. The first kappa shape index (κ1) is 15.3. The van der Waals surface area contributed by atoms with E-state index in [1.165, 1.54) is 0 Å². The van der Waals surface area contributed by atoms with Crippen LogP contribution in [0.25, 0.3) is 0 Å². The molecule has 1 rings (SSSR count). The van der Waals surface area contributed by atoms with E-state index >= 15 is 0 Å². The van der Waals surface area contributed by atoms with Crippen molar-refractivity contribution in [2.75, 3.05) is 0 Å². The number of aromatic nitrogens is 1. The number of carboxylic acid groups (broad SMARTS) is 1. The molecule has 3 nitrogen and oxygen atoms in total. The summed E-state index contributed by atoms with van der Waals surface area (Å²) in [5.74, 6) is -1.54. The summed E-state index contributed by atoms with van der Waals surface area (Å²) in [5.41, 5.74) is 1.60. The van der Waals surface area contributed by atoms with Gasteiger partial charge >= 0.3 is 51.4 Å². The molecule has 0 radical (unpaired) electrons. The van der Waals surface area contributed by atoms with Crippen molar-refractivity contribution < 1.29 is 61.3 Å². The molecule has 0 saturated carbocycles. The van der Waals surface area contributed by atoms with Crippen LogP contribution in [-0.2, 0) is 4.79 Å². The summed E-state index contributed by atoms with van der Waals surface area (Å²) in [6.45, 7) is 5.59. The third-order valence-electron chi connectivity index (χ3n) is 2.20. The van der Waals surface area contributed by atoms with Gasteiger partial charge in [0.1, 0.15) is 0 Å². The summed E-state index contributed by atoms with van der Waals surface area (Å²) in [7, 11) is 0. The van der Waals surface area contributed by atoms with Crippen molar-refractivity contribution in [2.24, 2.45) is 5.92 Å². The van der Waals surface area contributed by atoms with Crippen molar-refractivity contribution in [3.63, 3.8) is 0 Å². The van der Waals surface area contributed by atoms with Crippen molar-refractivity contribution in [3.05, 3.63) is 29.6 Å². The summed E-state index contributed by atoms with van der Waals surface area (Å²) in [5, 5.41) is 10.9. The Balaban J connectivity index is 0.00000196. The van der Waals surface area contributed by atoms with E-state index in [0.717, 1.165) is 11.3 Å². The third kappa shape index (κ3) is 4.32. The average Bonchev–Trinajstić information content (AvgIpc) is 2.02. The second-order valence-electron chi connectivity index (χ2n) is 3.77. The van der Waals surface area contributed by atoms with E-state index in [-0.39, 0.29) is 57.3 Å². The van der Waals surface area contributed by atoms with Crippen LogP contribution in [0.2, 0.25) is 0 Å². The quantitative estimate of drug-likeness (QED) is 0.559. The Morgan fingerprint density at radius 2 is 2.07 bits per heavy atom. The Hall–Kier alpha value is 0.256. The maximum absolute atomic E-state index is 10.9. The second kappa shape index (κ2) is 6.76. The molecule has 1 atom stereocenters. The molecular formula is C11H14KNO2. The zero-order chi connectivity index (χ0) is 10.7. The Kier molecular flexibility index (Phi) is 6.87. The molecular weight excluding hydrogens is 217 g/mol. The summed E-state index contributed by atoms with van der Waals surface area (Å²) in [4.78, 5) is 14.9. The van der Waals surface area contributed by atoms with Crippen LogP contribution in [0.4, 0.5) is 0 Å². The second-order valence-corrected chi connectivity index (χ2v) is 3.77. The summed E-state index contributed by atoms with van der Waals surface area (Å²) < 4.78 is 0. The number of aliphatic carboxylic acids is 1. The maximum atomic E-state index is 10.9. The zero-order valence-corrected chi connectivity index (χ0v) is 12.8. The van der Waals surface area contributed by atoms with Gasteiger partial charge in [-0.2, -0.15) is 0 Å². The van der Waals surface area contributed by atoms with E-state index in [2.05, 4.69) is 4.98 Å². The maximum Gasteiger partial charge on any atom is 1.00 e. The van der Waals surface area contributed by atoms with Crippen LogP contribution in [0, 0.1) is 12.8 Å². The fourth-order valence-corrected chi connectivity index (χ4v) is 1.55. The molecule has 0 aliphatic heterocycles. The van der Waals surface area contributed by atoms with Gasteiger partial charge in [-0.25, -0.2) is 0 Å². The number of hydrogen-bond acceptors (Lipinski definition) is 3. The number of pyridine rings is 1. The van der Waals surface area contributed by atoms with Gasteiger partial charge in [0.25, 0.3) is 0 Å². The molecule has 0 spiro atoms. The fraction of sp³-hybridized carbons (Fsp3) is 0.455. The number of aryl methyl sites for hydroxylation is 1. The Labute approximate surface area is 133 Å². The molecule has 1 aromatic rings. The molecule has 1 heterocycles. The minimum absolute atomic E-state index is 0. The van der Waals surface area contributed by atoms with E-state index in [4.69, 9.17) is 0 Å². The van der Waals surface area contributed by atoms with Gasteiger partial charge in [-0.15, -0.1) is 0 Å². The van der Waals surface area contributed by atoms with Crippen molar-refractivity contribution in [2.45, 2.75) is 26.7 Å². The Morgan fingerprint density at radius 3 is 2.47 bits per heavy atom. The largest absolute Gasteiger partial charge is 1.00 e. The average molecular weight is 231 g/mol. The molecule has 1 aromatic heterocycles. The predicted molar refractivity (Wildman–Crippen MR) is 51.6 cm³/mol. The number of nitrogens with zero attached hydrogens (tertiary/aromatic N) is 1.